The smallest absolute Gasteiger partial charge is 0.374 e. The van der Waals surface area contributed by atoms with Crippen molar-refractivity contribution >= 4 is 11.9 Å². The highest BCUT2D eigenvalue weighted by atomic mass is 16.5. The molecular weight excluding hydrogens is 374 g/mol. The number of aromatic nitrogens is 4. The van der Waals surface area contributed by atoms with Crippen molar-refractivity contribution in [3.63, 3.8) is 0 Å². The van der Waals surface area contributed by atoms with E-state index >= 15 is 0 Å². The topological polar surface area (TPSA) is 111 Å². The Kier molecular flexibility index (Phi) is 5.66. The standard InChI is InChI=1S/C20H27N5O4/c1-2-14-16-15(12-20(13-23-18(16)26)4-10-28-11-5-20)25(24-14)8-3-9-29-19(27)17-21-6-7-22-17/h6-7H,2-5,8-13H2,1H3,(H,21,22)(H,23,26). The molecule has 1 saturated heterocycles. The number of H-pyrrole nitrogens is 1. The van der Waals surface area contributed by atoms with Gasteiger partial charge < -0.3 is 19.8 Å². The maximum absolute atomic E-state index is 12.8. The van der Waals surface area contributed by atoms with Gasteiger partial charge in [0.15, 0.2) is 0 Å². The number of rotatable bonds is 6. The van der Waals surface area contributed by atoms with Crippen LogP contribution in [0.3, 0.4) is 0 Å². The summed E-state index contributed by atoms with van der Waals surface area (Å²) < 4.78 is 12.8. The summed E-state index contributed by atoms with van der Waals surface area (Å²) in [5, 5.41) is 7.83. The third-order valence-electron chi connectivity index (χ3n) is 5.85. The molecule has 2 N–H and O–H groups in total. The lowest BCUT2D eigenvalue weighted by molar-refractivity contribution is 0.0152. The van der Waals surface area contributed by atoms with Crippen LogP contribution in [0.15, 0.2) is 12.4 Å². The quantitative estimate of drug-likeness (QED) is 0.561. The number of ether oxygens (including phenoxy) is 2. The molecule has 9 heteroatoms. The minimum atomic E-state index is -0.468. The average Bonchev–Trinajstić information content (AvgIpc) is 3.36. The lowest BCUT2D eigenvalue weighted by atomic mass is 9.76. The number of aromatic amines is 1. The second kappa shape index (κ2) is 8.36. The number of esters is 1. The summed E-state index contributed by atoms with van der Waals surface area (Å²) in [6, 6.07) is 0. The van der Waals surface area contributed by atoms with E-state index in [0.29, 0.717) is 25.9 Å². The number of carbonyl (C=O) groups is 2. The van der Waals surface area contributed by atoms with E-state index in [1.165, 1.54) is 6.20 Å². The van der Waals surface area contributed by atoms with Crippen LogP contribution in [0.25, 0.3) is 0 Å². The molecule has 0 atom stereocenters. The summed E-state index contributed by atoms with van der Waals surface area (Å²) in [4.78, 5) is 31.3. The average molecular weight is 401 g/mol. The Bertz CT molecular complexity index is 868. The van der Waals surface area contributed by atoms with Crippen molar-refractivity contribution in [1.82, 2.24) is 25.1 Å². The van der Waals surface area contributed by atoms with Crippen LogP contribution in [0.1, 0.15) is 58.6 Å². The molecule has 1 amide bonds. The van der Waals surface area contributed by atoms with Crippen LogP contribution in [0.4, 0.5) is 0 Å². The molecular formula is C20H27N5O4. The summed E-state index contributed by atoms with van der Waals surface area (Å²) in [7, 11) is 0. The molecule has 29 heavy (non-hydrogen) atoms. The predicted molar refractivity (Wildman–Crippen MR) is 104 cm³/mol. The second-order valence-corrected chi connectivity index (χ2v) is 7.74. The monoisotopic (exact) mass is 401 g/mol. The Labute approximate surface area is 169 Å². The fourth-order valence-electron chi connectivity index (χ4n) is 4.18. The number of amides is 1. The third-order valence-corrected chi connectivity index (χ3v) is 5.85. The molecule has 0 bridgehead atoms. The Morgan fingerprint density at radius 2 is 2.21 bits per heavy atom. The van der Waals surface area contributed by atoms with Crippen molar-refractivity contribution < 1.29 is 19.1 Å². The number of aryl methyl sites for hydroxylation is 2. The van der Waals surface area contributed by atoms with Gasteiger partial charge in [-0.05, 0) is 31.1 Å². The molecule has 0 radical (unpaired) electrons. The molecule has 4 heterocycles. The predicted octanol–water partition coefficient (Wildman–Crippen LogP) is 1.50. The fraction of sp³-hybridized carbons (Fsp3) is 0.600. The number of fused-ring (bicyclic) bond motifs is 1. The van der Waals surface area contributed by atoms with Crippen LogP contribution in [-0.2, 0) is 28.9 Å². The highest BCUT2D eigenvalue weighted by Gasteiger charge is 2.39. The Morgan fingerprint density at radius 3 is 2.93 bits per heavy atom. The number of carbonyl (C=O) groups excluding carboxylic acids is 2. The van der Waals surface area contributed by atoms with E-state index in [-0.39, 0.29) is 23.8 Å². The van der Waals surface area contributed by atoms with E-state index in [1.54, 1.807) is 6.20 Å². The van der Waals surface area contributed by atoms with E-state index in [0.717, 1.165) is 49.4 Å². The zero-order valence-corrected chi connectivity index (χ0v) is 16.7. The van der Waals surface area contributed by atoms with Gasteiger partial charge in [0.25, 0.3) is 5.91 Å². The lowest BCUT2D eigenvalue weighted by Gasteiger charge is -2.36. The first kappa shape index (κ1) is 19.6. The van der Waals surface area contributed by atoms with Gasteiger partial charge in [-0.15, -0.1) is 0 Å². The molecule has 0 aliphatic carbocycles. The van der Waals surface area contributed by atoms with E-state index in [9.17, 15) is 9.59 Å². The van der Waals surface area contributed by atoms with E-state index in [2.05, 4.69) is 15.3 Å². The molecule has 2 aromatic rings. The van der Waals surface area contributed by atoms with Crippen LogP contribution in [0.5, 0.6) is 0 Å². The Hall–Kier alpha value is -2.68. The zero-order valence-electron chi connectivity index (χ0n) is 16.7. The minimum absolute atomic E-state index is 0.0215. The van der Waals surface area contributed by atoms with Gasteiger partial charge in [-0.1, -0.05) is 6.92 Å². The van der Waals surface area contributed by atoms with Crippen molar-refractivity contribution in [2.24, 2.45) is 5.41 Å². The molecule has 2 aliphatic heterocycles. The lowest BCUT2D eigenvalue weighted by Crippen LogP contribution is -2.40. The first-order valence-corrected chi connectivity index (χ1v) is 10.2. The van der Waals surface area contributed by atoms with Crippen LogP contribution >= 0.6 is 0 Å². The molecule has 0 aromatic carbocycles. The van der Waals surface area contributed by atoms with E-state index < -0.39 is 5.97 Å². The van der Waals surface area contributed by atoms with Crippen LogP contribution in [-0.4, -0.2) is 58.0 Å². The van der Waals surface area contributed by atoms with Crippen LogP contribution < -0.4 is 5.32 Å². The SMILES string of the molecule is CCc1nn(CCCOC(=O)c2ncc[nH]2)c2c1C(=O)NCC1(CCOCC1)C2. The van der Waals surface area contributed by atoms with Crippen molar-refractivity contribution in [3.05, 3.63) is 35.2 Å². The van der Waals surface area contributed by atoms with Crippen molar-refractivity contribution in [2.75, 3.05) is 26.4 Å². The van der Waals surface area contributed by atoms with Crippen LogP contribution in [0.2, 0.25) is 0 Å². The Balaban J connectivity index is 1.47. The Morgan fingerprint density at radius 1 is 1.38 bits per heavy atom. The number of nitrogens with zero attached hydrogens (tertiary/aromatic N) is 3. The molecule has 4 rings (SSSR count). The second-order valence-electron chi connectivity index (χ2n) is 7.74. The van der Waals surface area contributed by atoms with Crippen molar-refractivity contribution in [3.8, 4) is 0 Å². The summed E-state index contributed by atoms with van der Waals surface area (Å²) in [6.07, 6.45) is 7.08. The molecule has 156 valence electrons. The van der Waals surface area contributed by atoms with Gasteiger partial charge in [0.05, 0.1) is 23.6 Å². The maximum atomic E-state index is 12.8. The van der Waals surface area contributed by atoms with Gasteiger partial charge in [0.1, 0.15) is 0 Å². The molecule has 9 nitrogen and oxygen atoms in total. The van der Waals surface area contributed by atoms with Crippen molar-refractivity contribution in [1.29, 1.82) is 0 Å². The zero-order chi connectivity index (χ0) is 20.3. The van der Waals surface area contributed by atoms with Gasteiger partial charge in [-0.2, -0.15) is 5.10 Å². The summed E-state index contributed by atoms with van der Waals surface area (Å²) >= 11 is 0. The van der Waals surface area contributed by atoms with Gasteiger partial charge in [0.2, 0.25) is 5.82 Å². The maximum Gasteiger partial charge on any atom is 0.374 e. The molecule has 1 fully saturated rings. The first-order chi connectivity index (χ1) is 14.1. The largest absolute Gasteiger partial charge is 0.460 e. The molecule has 1 spiro atoms. The van der Waals surface area contributed by atoms with Crippen molar-refractivity contribution in [2.45, 2.75) is 45.6 Å². The molecule has 0 unspecified atom stereocenters. The van der Waals surface area contributed by atoms with Crippen LogP contribution in [0, 0.1) is 5.41 Å². The first-order valence-electron chi connectivity index (χ1n) is 10.2. The van der Waals surface area contributed by atoms with E-state index in [4.69, 9.17) is 14.6 Å². The number of hydrogen-bond donors (Lipinski definition) is 2. The van der Waals surface area contributed by atoms with Gasteiger partial charge >= 0.3 is 5.97 Å². The molecule has 2 aliphatic rings. The normalized spacial score (nSPS) is 18.2. The molecule has 2 aromatic heterocycles. The van der Waals surface area contributed by atoms with Gasteiger partial charge in [0, 0.05) is 45.1 Å². The number of imidazole rings is 1. The number of nitrogens with one attached hydrogen (secondary N) is 2. The highest BCUT2D eigenvalue weighted by Crippen LogP contribution is 2.37. The summed E-state index contributed by atoms with van der Waals surface area (Å²) in [5.41, 5.74) is 2.57. The third kappa shape index (κ3) is 4.05. The van der Waals surface area contributed by atoms with Gasteiger partial charge in [-0.25, -0.2) is 9.78 Å². The fourth-order valence-corrected chi connectivity index (χ4v) is 4.18. The summed E-state index contributed by atoms with van der Waals surface area (Å²) in [6.45, 7) is 4.99. The summed E-state index contributed by atoms with van der Waals surface area (Å²) in [5.74, 6) is -0.302. The van der Waals surface area contributed by atoms with Gasteiger partial charge in [-0.3, -0.25) is 9.48 Å². The highest BCUT2D eigenvalue weighted by molar-refractivity contribution is 5.97. The number of hydrogen-bond acceptors (Lipinski definition) is 6. The molecule has 0 saturated carbocycles. The minimum Gasteiger partial charge on any atom is -0.460 e. The van der Waals surface area contributed by atoms with E-state index in [1.807, 2.05) is 11.6 Å².